The molecule has 0 aliphatic heterocycles. The van der Waals surface area contributed by atoms with Crippen molar-refractivity contribution in [3.8, 4) is 0 Å². The molecule has 2 N–H and O–H groups in total. The number of fused-ring (bicyclic) bond motifs is 1. The van der Waals surface area contributed by atoms with E-state index in [0.29, 0.717) is 5.69 Å². The molecule has 4 nitrogen and oxygen atoms in total. The van der Waals surface area contributed by atoms with Crippen LogP contribution in [0.15, 0.2) is 30.5 Å². The maximum atomic E-state index is 10.6. The molecule has 0 bridgehead atoms. The summed E-state index contributed by atoms with van der Waals surface area (Å²) in [7, 11) is 0. The fraction of sp³-hybridized carbons (Fsp3) is 0.167. The summed E-state index contributed by atoms with van der Waals surface area (Å²) in [5, 5.41) is 13.0. The third-order valence-electron chi connectivity index (χ3n) is 2.47. The molecule has 0 atom stereocenters. The van der Waals surface area contributed by atoms with Crippen molar-refractivity contribution in [2.45, 2.75) is 13.3 Å². The summed E-state index contributed by atoms with van der Waals surface area (Å²) in [4.78, 5) is 14.9. The highest BCUT2D eigenvalue weighted by molar-refractivity contribution is 6.00. The highest BCUT2D eigenvalue weighted by Gasteiger charge is 2.06. The van der Waals surface area contributed by atoms with Crippen molar-refractivity contribution in [3.05, 3.63) is 36.2 Å². The Morgan fingerprint density at radius 3 is 2.88 bits per heavy atom. The number of hydrogen-bond acceptors (Lipinski definition) is 2. The van der Waals surface area contributed by atoms with Crippen LogP contribution in [-0.2, 0) is 6.42 Å². The highest BCUT2D eigenvalue weighted by atomic mass is 16.4. The summed E-state index contributed by atoms with van der Waals surface area (Å²) in [5.41, 5.74) is 1.58. The van der Waals surface area contributed by atoms with Crippen LogP contribution in [0.5, 0.6) is 0 Å². The van der Waals surface area contributed by atoms with Gasteiger partial charge < -0.3 is 5.11 Å². The number of nitrogens with zero attached hydrogens (tertiary/aromatic N) is 1. The topological polar surface area (TPSA) is 62.2 Å². The molecule has 2 rings (SSSR count). The third kappa shape index (κ3) is 1.82. The minimum atomic E-state index is -1.05. The normalized spacial score (nSPS) is 10.3. The highest BCUT2D eigenvalue weighted by Crippen LogP contribution is 2.25. The van der Waals surface area contributed by atoms with Crippen LogP contribution in [0.25, 0.3) is 10.8 Å². The number of nitrogens with one attached hydrogen (secondary N) is 1. The molecule has 1 aromatic heterocycles. The summed E-state index contributed by atoms with van der Waals surface area (Å²) >= 11 is 0. The van der Waals surface area contributed by atoms with Crippen LogP contribution >= 0.6 is 0 Å². The zero-order valence-corrected chi connectivity index (χ0v) is 8.90. The van der Waals surface area contributed by atoms with E-state index in [1.165, 1.54) is 0 Å². The molecule has 4 heteroatoms. The molecule has 0 unspecified atom stereocenters. The fourth-order valence-corrected chi connectivity index (χ4v) is 1.77. The Morgan fingerprint density at radius 1 is 1.38 bits per heavy atom. The lowest BCUT2D eigenvalue weighted by Gasteiger charge is -2.08. The van der Waals surface area contributed by atoms with Crippen molar-refractivity contribution >= 4 is 22.6 Å². The number of carboxylic acid groups (broad SMARTS) is 1. The predicted octanol–water partition coefficient (Wildman–Crippen LogP) is 2.89. The van der Waals surface area contributed by atoms with Crippen molar-refractivity contribution in [1.29, 1.82) is 0 Å². The van der Waals surface area contributed by atoms with Gasteiger partial charge >= 0.3 is 6.09 Å². The Kier molecular flexibility index (Phi) is 2.72. The lowest BCUT2D eigenvalue weighted by molar-refractivity contribution is 0.210. The molecule has 16 heavy (non-hydrogen) atoms. The number of anilines is 1. The third-order valence-corrected chi connectivity index (χ3v) is 2.47. The first-order chi connectivity index (χ1) is 7.72. The molecule has 82 valence electrons. The van der Waals surface area contributed by atoms with Crippen molar-refractivity contribution < 1.29 is 9.90 Å². The summed E-state index contributed by atoms with van der Waals surface area (Å²) < 4.78 is 0. The summed E-state index contributed by atoms with van der Waals surface area (Å²) in [5.74, 6) is 0. The number of hydrogen-bond donors (Lipinski definition) is 2. The van der Waals surface area contributed by atoms with E-state index in [-0.39, 0.29) is 0 Å². The van der Waals surface area contributed by atoms with Crippen LogP contribution in [0.3, 0.4) is 0 Å². The minimum absolute atomic E-state index is 0.599. The number of aryl methyl sites for hydroxylation is 1. The van der Waals surface area contributed by atoms with E-state index in [9.17, 15) is 4.79 Å². The van der Waals surface area contributed by atoms with Crippen molar-refractivity contribution in [2.75, 3.05) is 5.32 Å². The Morgan fingerprint density at radius 2 is 2.19 bits per heavy atom. The van der Waals surface area contributed by atoms with Gasteiger partial charge in [-0.1, -0.05) is 19.1 Å². The quantitative estimate of drug-likeness (QED) is 0.811. The Balaban J connectivity index is 2.64. The molecule has 0 fully saturated rings. The van der Waals surface area contributed by atoms with Gasteiger partial charge in [-0.2, -0.15) is 0 Å². The van der Waals surface area contributed by atoms with Crippen molar-refractivity contribution in [1.82, 2.24) is 4.98 Å². The Bertz CT molecular complexity index is 538. The van der Waals surface area contributed by atoms with Crippen LogP contribution in [-0.4, -0.2) is 16.2 Å². The van der Waals surface area contributed by atoms with E-state index >= 15 is 0 Å². The second-order valence-corrected chi connectivity index (χ2v) is 3.44. The fourth-order valence-electron chi connectivity index (χ4n) is 1.77. The van der Waals surface area contributed by atoms with Crippen molar-refractivity contribution in [2.24, 2.45) is 0 Å². The average Bonchev–Trinajstić information content (AvgIpc) is 2.28. The standard InChI is InChI=1S/C12H12N2O2/c1-2-10-8-4-3-5-11(14-12(15)16)9(8)6-7-13-10/h3-7,14H,2H2,1H3,(H,15,16). The zero-order valence-electron chi connectivity index (χ0n) is 8.90. The van der Waals surface area contributed by atoms with E-state index in [2.05, 4.69) is 10.3 Å². The first-order valence-corrected chi connectivity index (χ1v) is 5.09. The largest absolute Gasteiger partial charge is 0.465 e. The molecule has 0 saturated heterocycles. The maximum Gasteiger partial charge on any atom is 0.409 e. The van der Waals surface area contributed by atoms with Gasteiger partial charge in [-0.05, 0) is 18.6 Å². The second kappa shape index (κ2) is 4.18. The lowest BCUT2D eigenvalue weighted by Crippen LogP contribution is -2.07. The average molecular weight is 216 g/mol. The van der Waals surface area contributed by atoms with E-state index in [1.807, 2.05) is 25.1 Å². The van der Waals surface area contributed by atoms with Gasteiger partial charge in [0.1, 0.15) is 0 Å². The van der Waals surface area contributed by atoms with E-state index in [1.54, 1.807) is 12.3 Å². The van der Waals surface area contributed by atoms with Gasteiger partial charge in [-0.15, -0.1) is 0 Å². The summed E-state index contributed by atoms with van der Waals surface area (Å²) in [6, 6.07) is 7.35. The van der Waals surface area contributed by atoms with Gasteiger partial charge in [-0.25, -0.2) is 4.79 Å². The smallest absolute Gasteiger partial charge is 0.409 e. The van der Waals surface area contributed by atoms with Crippen LogP contribution < -0.4 is 5.32 Å². The first kappa shape index (κ1) is 10.4. The van der Waals surface area contributed by atoms with Gasteiger partial charge in [0, 0.05) is 22.7 Å². The number of benzene rings is 1. The number of rotatable bonds is 2. The molecular formula is C12H12N2O2. The van der Waals surface area contributed by atoms with Crippen LogP contribution in [0, 0.1) is 0 Å². The molecule has 0 saturated carbocycles. The number of aromatic nitrogens is 1. The van der Waals surface area contributed by atoms with Crippen LogP contribution in [0.2, 0.25) is 0 Å². The molecule has 0 spiro atoms. The Hall–Kier alpha value is -2.10. The molecule has 1 heterocycles. The number of amides is 1. The number of carbonyl (C=O) groups is 1. The second-order valence-electron chi connectivity index (χ2n) is 3.44. The molecule has 0 aliphatic rings. The minimum Gasteiger partial charge on any atom is -0.465 e. The van der Waals surface area contributed by atoms with Gasteiger partial charge in [0.2, 0.25) is 0 Å². The van der Waals surface area contributed by atoms with Gasteiger partial charge in [0.25, 0.3) is 0 Å². The molecule has 0 aliphatic carbocycles. The van der Waals surface area contributed by atoms with Crippen LogP contribution in [0.1, 0.15) is 12.6 Å². The van der Waals surface area contributed by atoms with Gasteiger partial charge in [0.05, 0.1) is 5.69 Å². The van der Waals surface area contributed by atoms with E-state index in [0.717, 1.165) is 22.9 Å². The maximum absolute atomic E-state index is 10.6. The van der Waals surface area contributed by atoms with Gasteiger partial charge in [0.15, 0.2) is 0 Å². The summed E-state index contributed by atoms with van der Waals surface area (Å²) in [6.07, 6.45) is 1.48. The van der Waals surface area contributed by atoms with Crippen LogP contribution in [0.4, 0.5) is 10.5 Å². The Labute approximate surface area is 92.9 Å². The molecule has 2 aromatic rings. The monoisotopic (exact) mass is 216 g/mol. The molecule has 1 aromatic carbocycles. The molecule has 1 amide bonds. The van der Waals surface area contributed by atoms with Crippen molar-refractivity contribution in [3.63, 3.8) is 0 Å². The predicted molar refractivity (Wildman–Crippen MR) is 62.8 cm³/mol. The first-order valence-electron chi connectivity index (χ1n) is 5.09. The number of pyridine rings is 1. The molecular weight excluding hydrogens is 204 g/mol. The molecule has 0 radical (unpaired) electrons. The van der Waals surface area contributed by atoms with E-state index < -0.39 is 6.09 Å². The lowest BCUT2D eigenvalue weighted by atomic mass is 10.1. The van der Waals surface area contributed by atoms with E-state index in [4.69, 9.17) is 5.11 Å². The van der Waals surface area contributed by atoms with Gasteiger partial charge in [-0.3, -0.25) is 10.3 Å². The SMILES string of the molecule is CCc1nccc2c(NC(=O)O)cccc12. The summed E-state index contributed by atoms with van der Waals surface area (Å²) in [6.45, 7) is 2.03. The zero-order chi connectivity index (χ0) is 11.5.